The van der Waals surface area contributed by atoms with E-state index in [0.717, 1.165) is 0 Å². The van der Waals surface area contributed by atoms with Crippen LogP contribution in [-0.4, -0.2) is 4.92 Å². The highest BCUT2D eigenvalue weighted by Gasteiger charge is 2.11. The van der Waals surface area contributed by atoms with Crippen LogP contribution in [0.1, 0.15) is 6.92 Å². The Morgan fingerprint density at radius 1 is 1.67 bits per heavy atom. The summed E-state index contributed by atoms with van der Waals surface area (Å²) in [5.74, 6) is 0. The number of nitrogens with zero attached hydrogens (tertiary/aromatic N) is 1. The van der Waals surface area contributed by atoms with Gasteiger partial charge in [-0.3, -0.25) is 10.1 Å². The zero-order valence-electron chi connectivity index (χ0n) is 4.92. The Kier molecular flexibility index (Phi) is 1.21. The molecule has 0 N–H and O–H groups in total. The number of nitro groups is 1. The first-order valence-electron chi connectivity index (χ1n) is 2.49. The molecule has 0 aliphatic heterocycles. The van der Waals surface area contributed by atoms with Gasteiger partial charge in [0, 0.05) is 5.57 Å². The van der Waals surface area contributed by atoms with E-state index in [1.54, 1.807) is 13.0 Å². The molecule has 0 bridgehead atoms. The minimum atomic E-state index is -0.411. The summed E-state index contributed by atoms with van der Waals surface area (Å²) in [5, 5.41) is 10.1. The third-order valence-corrected chi connectivity index (χ3v) is 1.12. The highest BCUT2D eigenvalue weighted by Crippen LogP contribution is 2.11. The van der Waals surface area contributed by atoms with Crippen molar-refractivity contribution in [2.75, 3.05) is 0 Å². The summed E-state index contributed by atoms with van der Waals surface area (Å²) in [5.41, 5.74) is 3.45. The van der Waals surface area contributed by atoms with Gasteiger partial charge in [0.2, 0.25) is 0 Å². The number of hydrogen-bond donors (Lipinski definition) is 0. The first-order valence-corrected chi connectivity index (χ1v) is 2.49. The molecular formula is C6H5NO2. The molecule has 0 atom stereocenters. The molecule has 0 aromatic heterocycles. The molecule has 3 nitrogen and oxygen atoms in total. The van der Waals surface area contributed by atoms with Gasteiger partial charge in [0.1, 0.15) is 0 Å². The summed E-state index contributed by atoms with van der Waals surface area (Å²) in [4.78, 5) is 9.66. The molecule has 3 heteroatoms. The average molecular weight is 123 g/mol. The molecule has 1 rings (SSSR count). The Labute approximate surface area is 52.1 Å². The van der Waals surface area contributed by atoms with E-state index < -0.39 is 4.92 Å². The topological polar surface area (TPSA) is 43.1 Å². The van der Waals surface area contributed by atoms with Crippen molar-refractivity contribution in [1.29, 1.82) is 0 Å². The van der Waals surface area contributed by atoms with Gasteiger partial charge in [-0.25, -0.2) is 0 Å². The second kappa shape index (κ2) is 1.88. The minimum absolute atomic E-state index is 0.148. The van der Waals surface area contributed by atoms with Crippen LogP contribution in [0.3, 0.4) is 0 Å². The quantitative estimate of drug-likeness (QED) is 0.299. The molecule has 9 heavy (non-hydrogen) atoms. The van der Waals surface area contributed by atoms with Crippen molar-refractivity contribution in [3.8, 4) is 0 Å². The second-order valence-electron chi connectivity index (χ2n) is 1.78. The van der Waals surface area contributed by atoms with Crippen molar-refractivity contribution in [3.05, 3.63) is 39.3 Å². The van der Waals surface area contributed by atoms with Crippen molar-refractivity contribution < 1.29 is 4.92 Å². The van der Waals surface area contributed by atoms with Gasteiger partial charge in [-0.15, -0.1) is 5.73 Å². The van der Waals surface area contributed by atoms with E-state index in [1.165, 1.54) is 6.08 Å². The molecular weight excluding hydrogens is 118 g/mol. The lowest BCUT2D eigenvalue weighted by molar-refractivity contribution is -0.419. The molecule has 0 aromatic carbocycles. The molecule has 1 aliphatic carbocycles. The van der Waals surface area contributed by atoms with E-state index in [-0.39, 0.29) is 5.70 Å². The van der Waals surface area contributed by atoms with Gasteiger partial charge in [0.25, 0.3) is 5.70 Å². The van der Waals surface area contributed by atoms with Crippen LogP contribution < -0.4 is 0 Å². The second-order valence-corrected chi connectivity index (χ2v) is 1.78. The zero-order chi connectivity index (χ0) is 6.85. The summed E-state index contributed by atoms with van der Waals surface area (Å²) in [7, 11) is 0. The fourth-order valence-electron chi connectivity index (χ4n) is 0.630. The molecule has 0 aromatic rings. The molecule has 0 heterocycles. The molecule has 0 fully saturated rings. The summed E-state index contributed by atoms with van der Waals surface area (Å²) in [6.07, 6.45) is 2.97. The van der Waals surface area contributed by atoms with Crippen LogP contribution in [0, 0.1) is 10.1 Å². The maximum absolute atomic E-state index is 10.1. The summed E-state index contributed by atoms with van der Waals surface area (Å²) >= 11 is 0. The predicted octanol–water partition coefficient (Wildman–Crippen LogP) is 1.26. The highest BCUT2D eigenvalue weighted by atomic mass is 16.6. The number of rotatable bonds is 1. The van der Waals surface area contributed by atoms with Crippen molar-refractivity contribution in [2.45, 2.75) is 6.92 Å². The fraction of sp³-hybridized carbons (Fsp3) is 0.167. The van der Waals surface area contributed by atoms with Crippen LogP contribution in [0.15, 0.2) is 29.2 Å². The third-order valence-electron chi connectivity index (χ3n) is 1.12. The molecule has 0 unspecified atom stereocenters. The molecule has 1 aliphatic rings. The zero-order valence-corrected chi connectivity index (χ0v) is 4.92. The Balaban J connectivity index is 2.98. The van der Waals surface area contributed by atoms with E-state index in [2.05, 4.69) is 5.73 Å². The molecule has 0 saturated carbocycles. The van der Waals surface area contributed by atoms with E-state index in [1.807, 2.05) is 0 Å². The van der Waals surface area contributed by atoms with Crippen LogP contribution in [0.2, 0.25) is 0 Å². The fourth-order valence-corrected chi connectivity index (χ4v) is 0.630. The molecule has 0 radical (unpaired) electrons. The van der Waals surface area contributed by atoms with E-state index in [0.29, 0.717) is 5.57 Å². The predicted molar refractivity (Wildman–Crippen MR) is 32.3 cm³/mol. The summed E-state index contributed by atoms with van der Waals surface area (Å²) < 4.78 is 0. The summed E-state index contributed by atoms with van der Waals surface area (Å²) in [6, 6.07) is 0. The Bertz CT molecular complexity index is 244. The van der Waals surface area contributed by atoms with Gasteiger partial charge in [-0.1, -0.05) is 0 Å². The lowest BCUT2D eigenvalue weighted by atomic mass is 10.3. The van der Waals surface area contributed by atoms with Gasteiger partial charge in [0.05, 0.1) is 11.0 Å². The van der Waals surface area contributed by atoms with Crippen LogP contribution in [-0.2, 0) is 0 Å². The molecule has 0 amide bonds. The van der Waals surface area contributed by atoms with E-state index >= 15 is 0 Å². The van der Waals surface area contributed by atoms with Gasteiger partial charge in [-0.05, 0) is 13.0 Å². The van der Waals surface area contributed by atoms with Gasteiger partial charge >= 0.3 is 0 Å². The lowest BCUT2D eigenvalue weighted by Crippen LogP contribution is -1.94. The average Bonchev–Trinajstić information content (AvgIpc) is 2.13. The SMILES string of the molecule is CC1=C([N+](=O)[O-])C=C=C1. The summed E-state index contributed by atoms with van der Waals surface area (Å²) in [6.45, 7) is 1.69. The minimum Gasteiger partial charge on any atom is -0.258 e. The highest BCUT2D eigenvalue weighted by molar-refractivity contribution is 5.32. The van der Waals surface area contributed by atoms with Crippen molar-refractivity contribution in [2.24, 2.45) is 0 Å². The monoisotopic (exact) mass is 123 g/mol. The Morgan fingerprint density at radius 3 is 2.56 bits per heavy atom. The molecule has 0 saturated heterocycles. The number of hydrogen-bond acceptors (Lipinski definition) is 2. The smallest absolute Gasteiger partial charge is 0.258 e. The first-order chi connectivity index (χ1) is 4.22. The normalized spacial score (nSPS) is 15.2. The van der Waals surface area contributed by atoms with Gasteiger partial charge in [-0.2, -0.15) is 0 Å². The Morgan fingerprint density at radius 2 is 2.33 bits per heavy atom. The van der Waals surface area contributed by atoms with Crippen LogP contribution in [0.25, 0.3) is 0 Å². The molecule has 46 valence electrons. The van der Waals surface area contributed by atoms with E-state index in [4.69, 9.17) is 0 Å². The van der Waals surface area contributed by atoms with Crippen LogP contribution in [0.4, 0.5) is 0 Å². The van der Waals surface area contributed by atoms with Crippen LogP contribution >= 0.6 is 0 Å². The van der Waals surface area contributed by atoms with E-state index in [9.17, 15) is 10.1 Å². The van der Waals surface area contributed by atoms with Crippen molar-refractivity contribution >= 4 is 0 Å². The maximum Gasteiger partial charge on any atom is 0.280 e. The Hall–Kier alpha value is -1.34. The van der Waals surface area contributed by atoms with Crippen LogP contribution in [0.5, 0.6) is 0 Å². The number of allylic oxidation sites excluding steroid dienone is 2. The molecule has 0 spiro atoms. The first kappa shape index (κ1) is 5.79. The van der Waals surface area contributed by atoms with Crippen molar-refractivity contribution in [1.82, 2.24) is 0 Å². The standard InChI is InChI=1S/C6H5NO2/c1-5-3-2-4-6(5)7(8)9/h3-4H,1H3. The van der Waals surface area contributed by atoms with Gasteiger partial charge in [0.15, 0.2) is 0 Å². The lowest BCUT2D eigenvalue weighted by Gasteiger charge is -1.86. The van der Waals surface area contributed by atoms with Gasteiger partial charge < -0.3 is 0 Å². The largest absolute Gasteiger partial charge is 0.280 e. The maximum atomic E-state index is 10.1. The van der Waals surface area contributed by atoms with Crippen molar-refractivity contribution in [3.63, 3.8) is 0 Å². The third kappa shape index (κ3) is 0.902.